The fourth-order valence-corrected chi connectivity index (χ4v) is 1.64. The summed E-state index contributed by atoms with van der Waals surface area (Å²) in [5.41, 5.74) is 1.20. The normalized spacial score (nSPS) is 25.4. The Labute approximate surface area is 83.9 Å². The lowest BCUT2D eigenvalue weighted by molar-refractivity contribution is -0.120. The molecule has 0 amide bonds. The molecule has 0 unspecified atom stereocenters. The maximum Gasteiger partial charge on any atom is 0.123 e. The van der Waals surface area contributed by atoms with Gasteiger partial charge < -0.3 is 9.53 Å². The summed E-state index contributed by atoms with van der Waals surface area (Å²) >= 11 is 0. The first-order valence-electron chi connectivity index (χ1n) is 4.99. The average molecular weight is 190 g/mol. The summed E-state index contributed by atoms with van der Waals surface area (Å²) in [7, 11) is 0. The number of hydrogen-bond donors (Lipinski definition) is 0. The van der Waals surface area contributed by atoms with Crippen molar-refractivity contribution in [3.05, 3.63) is 35.9 Å². The summed E-state index contributed by atoms with van der Waals surface area (Å²) in [6.07, 6.45) is 3.13. The van der Waals surface area contributed by atoms with Gasteiger partial charge in [-0.2, -0.15) is 0 Å². The molecule has 0 aromatic heterocycles. The van der Waals surface area contributed by atoms with Gasteiger partial charge in [0.2, 0.25) is 0 Å². The van der Waals surface area contributed by atoms with Gasteiger partial charge in [0, 0.05) is 5.92 Å². The maximum atomic E-state index is 10.4. The quantitative estimate of drug-likeness (QED) is 0.680. The lowest BCUT2D eigenvalue weighted by atomic mass is 9.83. The first-order chi connectivity index (χ1) is 6.88. The van der Waals surface area contributed by atoms with E-state index in [-0.39, 0.29) is 5.92 Å². The smallest absolute Gasteiger partial charge is 0.123 e. The zero-order chi connectivity index (χ0) is 9.80. The summed E-state index contributed by atoms with van der Waals surface area (Å²) in [6.45, 7) is 0.664. The van der Waals surface area contributed by atoms with Crippen LogP contribution in [0.5, 0.6) is 0 Å². The molecule has 0 aliphatic heterocycles. The van der Waals surface area contributed by atoms with E-state index in [1.165, 1.54) is 5.56 Å². The fraction of sp³-hybridized carbons (Fsp3) is 0.417. The van der Waals surface area contributed by atoms with Crippen LogP contribution in [0.1, 0.15) is 18.4 Å². The Balaban J connectivity index is 1.72. The Morgan fingerprint density at radius 3 is 2.64 bits per heavy atom. The highest BCUT2D eigenvalue weighted by atomic mass is 16.5. The lowest BCUT2D eigenvalue weighted by Gasteiger charge is -2.31. The number of rotatable bonds is 4. The third-order valence-corrected chi connectivity index (χ3v) is 2.65. The summed E-state index contributed by atoms with van der Waals surface area (Å²) < 4.78 is 5.64. The number of carbonyl (C=O) groups excluding carboxylic acids is 1. The zero-order valence-corrected chi connectivity index (χ0v) is 8.06. The van der Waals surface area contributed by atoms with Crippen LogP contribution in [0.15, 0.2) is 30.3 Å². The van der Waals surface area contributed by atoms with E-state index in [0.717, 1.165) is 19.1 Å². The van der Waals surface area contributed by atoms with Crippen molar-refractivity contribution in [2.24, 2.45) is 5.92 Å². The molecule has 0 N–H and O–H groups in total. The molecule has 0 radical (unpaired) electrons. The summed E-state index contributed by atoms with van der Waals surface area (Å²) in [5.74, 6) is 0.246. The Bertz CT molecular complexity index is 288. The Hall–Kier alpha value is -1.15. The van der Waals surface area contributed by atoms with E-state index < -0.39 is 0 Å². The van der Waals surface area contributed by atoms with E-state index in [1.807, 2.05) is 18.2 Å². The standard InChI is InChI=1S/C12H14O2/c13-8-11-6-12(7-11)14-9-10-4-2-1-3-5-10/h1-5,8,11-12H,6-7,9H2. The van der Waals surface area contributed by atoms with Gasteiger partial charge in [-0.15, -0.1) is 0 Å². The highest BCUT2D eigenvalue weighted by Crippen LogP contribution is 2.28. The molecule has 2 nitrogen and oxygen atoms in total. The van der Waals surface area contributed by atoms with Gasteiger partial charge in [0.25, 0.3) is 0 Å². The highest BCUT2D eigenvalue weighted by molar-refractivity contribution is 5.55. The third-order valence-electron chi connectivity index (χ3n) is 2.65. The molecule has 1 saturated carbocycles. The Kier molecular flexibility index (Phi) is 2.94. The van der Waals surface area contributed by atoms with Crippen molar-refractivity contribution in [2.45, 2.75) is 25.6 Å². The molecule has 0 atom stereocenters. The second-order valence-electron chi connectivity index (χ2n) is 3.79. The number of hydrogen-bond acceptors (Lipinski definition) is 2. The summed E-state index contributed by atoms with van der Waals surface area (Å²) in [5, 5.41) is 0. The number of aldehydes is 1. The molecular formula is C12H14O2. The third kappa shape index (κ3) is 2.20. The maximum absolute atomic E-state index is 10.4. The molecule has 0 spiro atoms. The highest BCUT2D eigenvalue weighted by Gasteiger charge is 2.29. The van der Waals surface area contributed by atoms with Crippen LogP contribution in [0.2, 0.25) is 0 Å². The van der Waals surface area contributed by atoms with Crippen LogP contribution in [0.25, 0.3) is 0 Å². The summed E-state index contributed by atoms with van der Waals surface area (Å²) in [6, 6.07) is 10.1. The molecule has 1 aromatic rings. The van der Waals surface area contributed by atoms with E-state index in [4.69, 9.17) is 4.74 Å². The molecule has 2 heteroatoms. The predicted molar refractivity (Wildman–Crippen MR) is 53.8 cm³/mol. The van der Waals surface area contributed by atoms with Crippen molar-refractivity contribution in [1.82, 2.24) is 0 Å². The van der Waals surface area contributed by atoms with E-state index in [0.29, 0.717) is 12.7 Å². The molecule has 1 aliphatic rings. The van der Waals surface area contributed by atoms with Gasteiger partial charge in [-0.25, -0.2) is 0 Å². The van der Waals surface area contributed by atoms with Crippen molar-refractivity contribution < 1.29 is 9.53 Å². The molecule has 1 fully saturated rings. The minimum Gasteiger partial charge on any atom is -0.373 e. The van der Waals surface area contributed by atoms with Gasteiger partial charge in [0.1, 0.15) is 6.29 Å². The van der Waals surface area contributed by atoms with Crippen LogP contribution in [0.4, 0.5) is 0 Å². The van der Waals surface area contributed by atoms with E-state index in [9.17, 15) is 4.79 Å². The molecule has 1 aliphatic carbocycles. The van der Waals surface area contributed by atoms with Gasteiger partial charge in [0.15, 0.2) is 0 Å². The van der Waals surface area contributed by atoms with Gasteiger partial charge >= 0.3 is 0 Å². The van der Waals surface area contributed by atoms with Crippen molar-refractivity contribution in [2.75, 3.05) is 0 Å². The van der Waals surface area contributed by atoms with Gasteiger partial charge in [0.05, 0.1) is 12.7 Å². The molecule has 74 valence electrons. The molecular weight excluding hydrogens is 176 g/mol. The molecule has 0 heterocycles. The first-order valence-corrected chi connectivity index (χ1v) is 4.99. The van der Waals surface area contributed by atoms with E-state index in [1.54, 1.807) is 0 Å². The lowest BCUT2D eigenvalue weighted by Crippen LogP contribution is -2.31. The minimum absolute atomic E-state index is 0.246. The second-order valence-corrected chi connectivity index (χ2v) is 3.79. The van der Waals surface area contributed by atoms with Crippen LogP contribution < -0.4 is 0 Å². The van der Waals surface area contributed by atoms with E-state index >= 15 is 0 Å². The van der Waals surface area contributed by atoms with E-state index in [2.05, 4.69) is 12.1 Å². The number of ether oxygens (including phenoxy) is 1. The number of carbonyl (C=O) groups is 1. The Morgan fingerprint density at radius 1 is 1.29 bits per heavy atom. The Morgan fingerprint density at radius 2 is 2.00 bits per heavy atom. The molecule has 14 heavy (non-hydrogen) atoms. The van der Waals surface area contributed by atoms with Crippen molar-refractivity contribution in [3.8, 4) is 0 Å². The second kappa shape index (κ2) is 4.38. The van der Waals surface area contributed by atoms with Crippen LogP contribution in [0, 0.1) is 5.92 Å². The van der Waals surface area contributed by atoms with Crippen LogP contribution in [0.3, 0.4) is 0 Å². The van der Waals surface area contributed by atoms with Gasteiger partial charge in [-0.05, 0) is 18.4 Å². The van der Waals surface area contributed by atoms with Crippen molar-refractivity contribution in [3.63, 3.8) is 0 Å². The number of benzene rings is 1. The predicted octanol–water partition coefficient (Wildman–Crippen LogP) is 2.18. The topological polar surface area (TPSA) is 26.3 Å². The molecule has 0 saturated heterocycles. The van der Waals surface area contributed by atoms with Gasteiger partial charge in [-0.3, -0.25) is 0 Å². The van der Waals surface area contributed by atoms with Crippen LogP contribution >= 0.6 is 0 Å². The van der Waals surface area contributed by atoms with Gasteiger partial charge in [-0.1, -0.05) is 30.3 Å². The monoisotopic (exact) mass is 190 g/mol. The molecule has 0 bridgehead atoms. The average Bonchev–Trinajstić information content (AvgIpc) is 2.17. The van der Waals surface area contributed by atoms with Crippen molar-refractivity contribution >= 4 is 6.29 Å². The largest absolute Gasteiger partial charge is 0.373 e. The zero-order valence-electron chi connectivity index (χ0n) is 8.06. The first kappa shape index (κ1) is 9.41. The minimum atomic E-state index is 0.246. The SMILES string of the molecule is O=CC1CC(OCc2ccccc2)C1. The van der Waals surface area contributed by atoms with Crippen LogP contribution in [-0.2, 0) is 16.1 Å². The molecule has 2 rings (SSSR count). The fourth-order valence-electron chi connectivity index (χ4n) is 1.64. The van der Waals surface area contributed by atoms with Crippen LogP contribution in [-0.4, -0.2) is 12.4 Å². The van der Waals surface area contributed by atoms with Crippen molar-refractivity contribution in [1.29, 1.82) is 0 Å². The molecule has 1 aromatic carbocycles. The summed E-state index contributed by atoms with van der Waals surface area (Å²) in [4.78, 5) is 10.4.